The second-order valence-corrected chi connectivity index (χ2v) is 7.32. The lowest BCUT2D eigenvalue weighted by molar-refractivity contribution is -0.146. The van der Waals surface area contributed by atoms with Gasteiger partial charge in [-0.3, -0.25) is 9.69 Å². The highest BCUT2D eigenvalue weighted by molar-refractivity contribution is 7.99. The Kier molecular flexibility index (Phi) is 3.74. The van der Waals surface area contributed by atoms with Crippen LogP contribution in [-0.2, 0) is 4.79 Å². The second-order valence-electron chi connectivity index (χ2n) is 6.17. The van der Waals surface area contributed by atoms with Crippen LogP contribution in [0.25, 0.3) is 0 Å². The highest BCUT2D eigenvalue weighted by atomic mass is 32.2. The van der Waals surface area contributed by atoms with Crippen molar-refractivity contribution in [2.45, 2.75) is 33.2 Å². The van der Waals surface area contributed by atoms with Crippen molar-refractivity contribution in [3.63, 3.8) is 0 Å². The molecule has 2 rings (SSSR count). The zero-order valence-electron chi connectivity index (χ0n) is 11.0. The summed E-state index contributed by atoms with van der Waals surface area (Å²) in [7, 11) is 0. The minimum Gasteiger partial charge on any atom is -0.481 e. The molecule has 2 aliphatic heterocycles. The Morgan fingerprint density at radius 1 is 1.47 bits per heavy atom. The maximum absolute atomic E-state index is 10.9. The van der Waals surface area contributed by atoms with E-state index in [2.05, 4.69) is 18.7 Å². The Balaban J connectivity index is 1.88. The summed E-state index contributed by atoms with van der Waals surface area (Å²) in [5, 5.41) is 8.99. The third-order valence-electron chi connectivity index (χ3n) is 4.54. The molecule has 2 unspecified atom stereocenters. The molecule has 0 amide bonds. The summed E-state index contributed by atoms with van der Waals surface area (Å²) in [5.74, 6) is 2.00. The van der Waals surface area contributed by atoms with Crippen molar-refractivity contribution >= 4 is 17.7 Å². The third-order valence-corrected chi connectivity index (χ3v) is 5.59. The summed E-state index contributed by atoms with van der Waals surface area (Å²) >= 11 is 2.04. The first-order valence-corrected chi connectivity index (χ1v) is 7.62. The van der Waals surface area contributed by atoms with E-state index in [-0.39, 0.29) is 5.92 Å². The summed E-state index contributed by atoms with van der Waals surface area (Å²) in [6.07, 6.45) is 1.28. The van der Waals surface area contributed by atoms with Gasteiger partial charge in [-0.15, -0.1) is 0 Å². The molecule has 2 atom stereocenters. The van der Waals surface area contributed by atoms with E-state index in [9.17, 15) is 4.79 Å². The number of aliphatic carboxylic acids is 1. The number of hydrogen-bond acceptors (Lipinski definition) is 3. The average molecular weight is 257 g/mol. The van der Waals surface area contributed by atoms with Crippen LogP contribution in [0.3, 0.4) is 0 Å². The molecule has 2 aliphatic rings. The first-order valence-electron chi connectivity index (χ1n) is 6.46. The molecule has 0 spiro atoms. The van der Waals surface area contributed by atoms with Gasteiger partial charge in [0.05, 0.1) is 5.92 Å². The van der Waals surface area contributed by atoms with Gasteiger partial charge in [0, 0.05) is 24.9 Å². The van der Waals surface area contributed by atoms with Crippen molar-refractivity contribution < 1.29 is 9.90 Å². The van der Waals surface area contributed by atoms with Gasteiger partial charge in [-0.05, 0) is 23.5 Å². The van der Waals surface area contributed by atoms with Gasteiger partial charge in [0.2, 0.25) is 0 Å². The van der Waals surface area contributed by atoms with Crippen LogP contribution in [0.15, 0.2) is 0 Å². The van der Waals surface area contributed by atoms with Gasteiger partial charge in [-0.25, -0.2) is 0 Å². The van der Waals surface area contributed by atoms with Crippen LogP contribution in [0.5, 0.6) is 0 Å². The number of hydrogen-bond donors (Lipinski definition) is 1. The predicted molar refractivity (Wildman–Crippen MR) is 71.4 cm³/mol. The molecule has 2 heterocycles. The molecule has 0 aromatic carbocycles. The van der Waals surface area contributed by atoms with E-state index in [1.807, 2.05) is 18.7 Å². The number of carbonyl (C=O) groups is 1. The van der Waals surface area contributed by atoms with Gasteiger partial charge in [0.1, 0.15) is 0 Å². The molecule has 17 heavy (non-hydrogen) atoms. The third kappa shape index (κ3) is 2.63. The van der Waals surface area contributed by atoms with E-state index in [0.29, 0.717) is 17.4 Å². The zero-order valence-corrected chi connectivity index (χ0v) is 11.8. The Hall–Kier alpha value is -0.220. The van der Waals surface area contributed by atoms with Crippen molar-refractivity contribution in [1.29, 1.82) is 0 Å². The smallest absolute Gasteiger partial charge is 0.306 e. The van der Waals surface area contributed by atoms with Gasteiger partial charge in [0.25, 0.3) is 0 Å². The molecule has 3 nitrogen and oxygen atoms in total. The SMILES string of the molecule is CC(C(=O)O)C1CN(C2CSCCC2(C)C)C1. The van der Waals surface area contributed by atoms with Crippen molar-refractivity contribution in [1.82, 2.24) is 4.90 Å². The Morgan fingerprint density at radius 2 is 2.12 bits per heavy atom. The fourth-order valence-corrected chi connectivity index (χ4v) is 4.57. The molecule has 2 fully saturated rings. The van der Waals surface area contributed by atoms with Crippen LogP contribution in [0, 0.1) is 17.3 Å². The topological polar surface area (TPSA) is 40.5 Å². The number of carboxylic acid groups (broad SMARTS) is 1. The maximum atomic E-state index is 10.9. The number of rotatable bonds is 3. The fourth-order valence-electron chi connectivity index (χ4n) is 2.84. The van der Waals surface area contributed by atoms with Crippen LogP contribution in [0.1, 0.15) is 27.2 Å². The van der Waals surface area contributed by atoms with Gasteiger partial charge in [0.15, 0.2) is 0 Å². The molecule has 0 aliphatic carbocycles. The summed E-state index contributed by atoms with van der Waals surface area (Å²) < 4.78 is 0. The van der Waals surface area contributed by atoms with Crippen LogP contribution in [-0.4, -0.2) is 46.6 Å². The summed E-state index contributed by atoms with van der Waals surface area (Å²) in [5.41, 5.74) is 0.392. The van der Waals surface area contributed by atoms with Crippen LogP contribution >= 0.6 is 11.8 Å². The zero-order chi connectivity index (χ0) is 12.6. The Morgan fingerprint density at radius 3 is 2.65 bits per heavy atom. The van der Waals surface area contributed by atoms with E-state index in [0.717, 1.165) is 13.1 Å². The highest BCUT2D eigenvalue weighted by Crippen LogP contribution is 2.40. The van der Waals surface area contributed by atoms with E-state index in [1.54, 1.807) is 0 Å². The molecule has 0 saturated carbocycles. The molecular weight excluding hydrogens is 234 g/mol. The lowest BCUT2D eigenvalue weighted by Crippen LogP contribution is -2.60. The van der Waals surface area contributed by atoms with Gasteiger partial charge < -0.3 is 5.11 Å². The molecule has 0 aromatic heterocycles. The largest absolute Gasteiger partial charge is 0.481 e. The summed E-state index contributed by atoms with van der Waals surface area (Å²) in [6, 6.07) is 0.637. The summed E-state index contributed by atoms with van der Waals surface area (Å²) in [4.78, 5) is 13.4. The molecule has 0 radical (unpaired) electrons. The fraction of sp³-hybridized carbons (Fsp3) is 0.923. The molecule has 1 N–H and O–H groups in total. The normalized spacial score (nSPS) is 31.8. The van der Waals surface area contributed by atoms with Crippen molar-refractivity contribution in [3.05, 3.63) is 0 Å². The standard InChI is InChI=1S/C13H23NO2S/c1-9(12(15)16)10-6-14(7-10)11-8-17-5-4-13(11,2)3/h9-11H,4-8H2,1-3H3,(H,15,16). The Bertz CT molecular complexity index is 300. The van der Waals surface area contributed by atoms with Crippen LogP contribution in [0.2, 0.25) is 0 Å². The lowest BCUT2D eigenvalue weighted by Gasteiger charge is -2.52. The quantitative estimate of drug-likeness (QED) is 0.841. The van der Waals surface area contributed by atoms with Gasteiger partial charge in [-0.2, -0.15) is 11.8 Å². The number of nitrogens with zero attached hydrogens (tertiary/aromatic N) is 1. The van der Waals surface area contributed by atoms with Crippen molar-refractivity contribution in [2.75, 3.05) is 24.6 Å². The monoisotopic (exact) mass is 257 g/mol. The van der Waals surface area contributed by atoms with Crippen LogP contribution in [0.4, 0.5) is 0 Å². The van der Waals surface area contributed by atoms with Gasteiger partial charge in [-0.1, -0.05) is 20.8 Å². The first kappa shape index (κ1) is 13.2. The second kappa shape index (κ2) is 4.81. The number of likely N-dealkylation sites (tertiary alicyclic amines) is 1. The van der Waals surface area contributed by atoms with E-state index >= 15 is 0 Å². The number of thioether (sulfide) groups is 1. The molecule has 98 valence electrons. The van der Waals surface area contributed by atoms with Crippen LogP contribution < -0.4 is 0 Å². The molecule has 0 aromatic rings. The minimum atomic E-state index is -0.646. The molecule has 0 bridgehead atoms. The van der Waals surface area contributed by atoms with E-state index in [4.69, 9.17) is 5.11 Å². The summed E-state index contributed by atoms with van der Waals surface area (Å²) in [6.45, 7) is 8.49. The van der Waals surface area contributed by atoms with E-state index in [1.165, 1.54) is 17.9 Å². The average Bonchev–Trinajstić information content (AvgIpc) is 2.17. The Labute approximate surface area is 108 Å². The molecule has 4 heteroatoms. The maximum Gasteiger partial charge on any atom is 0.306 e. The lowest BCUT2D eigenvalue weighted by atomic mass is 9.77. The van der Waals surface area contributed by atoms with Gasteiger partial charge >= 0.3 is 5.97 Å². The highest BCUT2D eigenvalue weighted by Gasteiger charge is 2.44. The predicted octanol–water partition coefficient (Wildman–Crippen LogP) is 2.17. The first-order chi connectivity index (χ1) is 7.92. The van der Waals surface area contributed by atoms with Crippen molar-refractivity contribution in [3.8, 4) is 0 Å². The molecular formula is C13H23NO2S. The molecule has 2 saturated heterocycles. The number of carboxylic acids is 1. The van der Waals surface area contributed by atoms with E-state index < -0.39 is 5.97 Å². The minimum absolute atomic E-state index is 0.189. The van der Waals surface area contributed by atoms with Crippen molar-refractivity contribution in [2.24, 2.45) is 17.3 Å².